The molecule has 0 radical (unpaired) electrons. The summed E-state index contributed by atoms with van der Waals surface area (Å²) >= 11 is 3.73. The molecule has 2 heterocycles. The quantitative estimate of drug-likeness (QED) is 0.619. The van der Waals surface area contributed by atoms with E-state index < -0.39 is 0 Å². The number of thioether (sulfide) groups is 1. The van der Waals surface area contributed by atoms with Crippen LogP contribution in [0.1, 0.15) is 32.6 Å². The number of nitrogens with zero attached hydrogens (tertiary/aromatic N) is 1. The molecule has 2 aliphatic heterocycles. The van der Waals surface area contributed by atoms with Gasteiger partial charge in [0.25, 0.3) is 0 Å². The highest BCUT2D eigenvalue weighted by Gasteiger charge is 2.26. The van der Waals surface area contributed by atoms with E-state index in [-0.39, 0.29) is 0 Å². The van der Waals surface area contributed by atoms with Crippen molar-refractivity contribution < 1.29 is 0 Å². The minimum atomic E-state index is 0.655. The normalized spacial score (nSPS) is 22.0. The van der Waals surface area contributed by atoms with Crippen LogP contribution in [0.25, 0.3) is 0 Å². The number of hydrogen-bond donors (Lipinski definition) is 1. The Labute approximate surface area is 166 Å². The number of benzene rings is 2. The van der Waals surface area contributed by atoms with Gasteiger partial charge in [-0.05, 0) is 68.3 Å². The highest BCUT2D eigenvalue weighted by Crippen LogP contribution is 2.49. The largest absolute Gasteiger partial charge is 0.340 e. The first-order valence-corrected chi connectivity index (χ1v) is 11.8. The second-order valence-electron chi connectivity index (χ2n) is 7.29. The molecule has 4 rings (SSSR count). The predicted octanol–water partition coefficient (Wildman–Crippen LogP) is 6.18. The van der Waals surface area contributed by atoms with Crippen LogP contribution in [-0.2, 0) is 0 Å². The number of fused-ring (bicyclic) bond motifs is 2. The van der Waals surface area contributed by atoms with Crippen molar-refractivity contribution in [3.63, 3.8) is 0 Å². The first-order chi connectivity index (χ1) is 12.8. The smallest absolute Gasteiger partial charge is 0.0564 e. The van der Waals surface area contributed by atoms with Gasteiger partial charge in [-0.25, -0.2) is 0 Å². The second-order valence-corrected chi connectivity index (χ2v) is 9.26. The molecular formula is C22H28N2S2. The number of piperidine rings is 1. The molecule has 0 aromatic heterocycles. The lowest BCUT2D eigenvalue weighted by molar-refractivity contribution is 0.287. The summed E-state index contributed by atoms with van der Waals surface area (Å²) in [5.41, 5.74) is 2.74. The lowest BCUT2D eigenvalue weighted by Gasteiger charge is -2.36. The van der Waals surface area contributed by atoms with E-state index in [2.05, 4.69) is 65.9 Å². The van der Waals surface area contributed by atoms with Crippen molar-refractivity contribution in [2.45, 2.75) is 53.3 Å². The highest BCUT2D eigenvalue weighted by molar-refractivity contribution is 8.00. The molecule has 2 aromatic rings. The third-order valence-corrected chi connectivity index (χ3v) is 7.57. The molecule has 2 atom stereocenters. The fraction of sp³-hybridized carbons (Fsp3) is 0.455. The third-order valence-electron chi connectivity index (χ3n) is 5.71. The molecule has 138 valence electrons. The van der Waals surface area contributed by atoms with Crippen molar-refractivity contribution in [3.05, 3.63) is 42.5 Å². The fourth-order valence-electron chi connectivity index (χ4n) is 4.15. The van der Waals surface area contributed by atoms with Crippen LogP contribution in [0.3, 0.4) is 0 Å². The van der Waals surface area contributed by atoms with E-state index in [1.807, 2.05) is 23.5 Å². The molecule has 0 amide bonds. The maximum Gasteiger partial charge on any atom is 0.0564 e. The summed E-state index contributed by atoms with van der Waals surface area (Å²) in [5.74, 6) is 0.904. The maximum atomic E-state index is 3.76. The Kier molecular flexibility index (Phi) is 5.82. The zero-order valence-corrected chi connectivity index (χ0v) is 17.3. The molecule has 0 saturated carbocycles. The van der Waals surface area contributed by atoms with Crippen LogP contribution in [0.4, 0.5) is 11.4 Å². The minimum Gasteiger partial charge on any atom is -0.340 e. The SMILES string of the molecule is CCC1CCNC(CCN2c3ccccc3Sc3ccc(SC)cc32)C1. The maximum absolute atomic E-state index is 3.76. The van der Waals surface area contributed by atoms with Crippen molar-refractivity contribution >= 4 is 34.9 Å². The van der Waals surface area contributed by atoms with Gasteiger partial charge in [0.1, 0.15) is 0 Å². The van der Waals surface area contributed by atoms with Gasteiger partial charge in [0, 0.05) is 27.3 Å². The summed E-state index contributed by atoms with van der Waals surface area (Å²) in [7, 11) is 0. The molecule has 26 heavy (non-hydrogen) atoms. The van der Waals surface area contributed by atoms with Gasteiger partial charge in [-0.1, -0.05) is 37.2 Å². The monoisotopic (exact) mass is 384 g/mol. The Morgan fingerprint density at radius 1 is 1.15 bits per heavy atom. The zero-order valence-electron chi connectivity index (χ0n) is 15.7. The van der Waals surface area contributed by atoms with Gasteiger partial charge in [0.15, 0.2) is 0 Å². The molecule has 2 aromatic carbocycles. The average molecular weight is 385 g/mol. The topological polar surface area (TPSA) is 15.3 Å². The van der Waals surface area contributed by atoms with Gasteiger partial charge in [0.05, 0.1) is 11.4 Å². The number of nitrogens with one attached hydrogen (secondary N) is 1. The summed E-state index contributed by atoms with van der Waals surface area (Å²) in [6, 6.07) is 16.4. The lowest BCUT2D eigenvalue weighted by Crippen LogP contribution is -2.40. The van der Waals surface area contributed by atoms with Crippen molar-refractivity contribution in [2.24, 2.45) is 5.92 Å². The second kappa shape index (κ2) is 8.28. The Balaban J connectivity index is 1.58. The van der Waals surface area contributed by atoms with Crippen LogP contribution >= 0.6 is 23.5 Å². The Morgan fingerprint density at radius 3 is 2.85 bits per heavy atom. The van der Waals surface area contributed by atoms with E-state index in [1.165, 1.54) is 58.3 Å². The Hall–Kier alpha value is -1.10. The predicted molar refractivity (Wildman–Crippen MR) is 115 cm³/mol. The van der Waals surface area contributed by atoms with Gasteiger partial charge in [-0.2, -0.15) is 0 Å². The van der Waals surface area contributed by atoms with Crippen molar-refractivity contribution in [2.75, 3.05) is 24.2 Å². The summed E-state index contributed by atoms with van der Waals surface area (Å²) in [6.45, 7) is 4.60. The first-order valence-electron chi connectivity index (χ1n) is 9.74. The number of hydrogen-bond acceptors (Lipinski definition) is 4. The molecule has 0 spiro atoms. The van der Waals surface area contributed by atoms with E-state index in [0.717, 1.165) is 12.5 Å². The van der Waals surface area contributed by atoms with Crippen LogP contribution in [0, 0.1) is 5.92 Å². The third kappa shape index (κ3) is 3.78. The van der Waals surface area contributed by atoms with Crippen LogP contribution in [0.2, 0.25) is 0 Å². The van der Waals surface area contributed by atoms with E-state index >= 15 is 0 Å². The first kappa shape index (κ1) is 18.3. The van der Waals surface area contributed by atoms with Crippen molar-refractivity contribution in [1.82, 2.24) is 5.32 Å². The average Bonchev–Trinajstić information content (AvgIpc) is 2.71. The molecule has 0 aliphatic carbocycles. The molecule has 0 bridgehead atoms. The summed E-state index contributed by atoms with van der Waals surface area (Å²) in [5, 5.41) is 3.76. The molecule has 2 unspecified atom stereocenters. The highest BCUT2D eigenvalue weighted by atomic mass is 32.2. The number of anilines is 2. The van der Waals surface area contributed by atoms with Crippen molar-refractivity contribution in [3.8, 4) is 0 Å². The van der Waals surface area contributed by atoms with Gasteiger partial charge >= 0.3 is 0 Å². The molecule has 1 saturated heterocycles. The fourth-order valence-corrected chi connectivity index (χ4v) is 5.66. The molecular weight excluding hydrogens is 356 g/mol. The van der Waals surface area contributed by atoms with Gasteiger partial charge in [-0.15, -0.1) is 11.8 Å². The van der Waals surface area contributed by atoms with Crippen molar-refractivity contribution in [1.29, 1.82) is 0 Å². The number of para-hydroxylation sites is 1. The molecule has 2 nitrogen and oxygen atoms in total. The molecule has 1 fully saturated rings. The van der Waals surface area contributed by atoms with Gasteiger partial charge < -0.3 is 10.2 Å². The molecule has 2 aliphatic rings. The van der Waals surface area contributed by atoms with E-state index in [4.69, 9.17) is 0 Å². The van der Waals surface area contributed by atoms with Crippen LogP contribution in [0.15, 0.2) is 57.2 Å². The summed E-state index contributed by atoms with van der Waals surface area (Å²) in [4.78, 5) is 6.65. The summed E-state index contributed by atoms with van der Waals surface area (Å²) < 4.78 is 0. The standard InChI is InChI=1S/C22H28N2S2/c1-3-16-10-12-23-17(14-16)11-13-24-19-6-4-5-7-21(19)26-22-9-8-18(25-2)15-20(22)24/h4-9,15-17,23H,3,10-14H2,1-2H3. The van der Waals surface area contributed by atoms with Crippen LogP contribution < -0.4 is 10.2 Å². The van der Waals surface area contributed by atoms with Gasteiger partial charge in [-0.3, -0.25) is 0 Å². The van der Waals surface area contributed by atoms with E-state index in [9.17, 15) is 0 Å². The lowest BCUT2D eigenvalue weighted by atomic mass is 9.89. The summed E-state index contributed by atoms with van der Waals surface area (Å²) in [6.07, 6.45) is 7.36. The number of rotatable bonds is 5. The van der Waals surface area contributed by atoms with Gasteiger partial charge in [0.2, 0.25) is 0 Å². The molecule has 1 N–H and O–H groups in total. The van der Waals surface area contributed by atoms with E-state index in [1.54, 1.807) is 0 Å². The van der Waals surface area contributed by atoms with E-state index in [0.29, 0.717) is 6.04 Å². The molecule has 4 heteroatoms. The Bertz CT molecular complexity index is 762. The van der Waals surface area contributed by atoms with Crippen LogP contribution in [0.5, 0.6) is 0 Å². The minimum absolute atomic E-state index is 0.655. The zero-order chi connectivity index (χ0) is 17.9. The van der Waals surface area contributed by atoms with Crippen LogP contribution in [-0.4, -0.2) is 25.4 Å². The Morgan fingerprint density at radius 2 is 2.00 bits per heavy atom.